The molecule has 3 rings (SSSR count). The molecular formula is C15H18N4O2. The minimum absolute atomic E-state index is 0.0915. The fourth-order valence-corrected chi connectivity index (χ4v) is 2.31. The van der Waals surface area contributed by atoms with Gasteiger partial charge in [-0.25, -0.2) is 4.98 Å². The average Bonchev–Trinajstić information content (AvgIpc) is 2.88. The lowest BCUT2D eigenvalue weighted by Crippen LogP contribution is -2.25. The third kappa shape index (κ3) is 3.22. The van der Waals surface area contributed by atoms with E-state index in [1.54, 1.807) is 0 Å². The summed E-state index contributed by atoms with van der Waals surface area (Å²) in [5, 5.41) is 6.19. The Bertz CT molecular complexity index is 651. The second kappa shape index (κ2) is 5.97. The molecule has 6 nitrogen and oxygen atoms in total. The summed E-state index contributed by atoms with van der Waals surface area (Å²) in [4.78, 5) is 15.6. The number of aryl methyl sites for hydroxylation is 1. The number of nitrogens with one attached hydrogen (secondary N) is 2. The first-order chi connectivity index (χ1) is 10.2. The van der Waals surface area contributed by atoms with E-state index in [1.165, 1.54) is 0 Å². The molecule has 6 heteroatoms. The number of nitrogens with zero attached hydrogens (tertiary/aromatic N) is 2. The number of carbonyl (C=O) groups excluding carboxylic acids is 1. The summed E-state index contributed by atoms with van der Waals surface area (Å²) in [5.41, 5.74) is 1.86. The van der Waals surface area contributed by atoms with E-state index >= 15 is 0 Å². The number of carbonyl (C=O) groups is 1. The van der Waals surface area contributed by atoms with Crippen molar-refractivity contribution in [2.45, 2.75) is 13.0 Å². The van der Waals surface area contributed by atoms with E-state index in [1.807, 2.05) is 42.2 Å². The predicted octanol–water partition coefficient (Wildman–Crippen LogP) is 1.08. The number of anilines is 1. The van der Waals surface area contributed by atoms with Crippen molar-refractivity contribution in [3.63, 3.8) is 0 Å². The van der Waals surface area contributed by atoms with Crippen molar-refractivity contribution < 1.29 is 9.53 Å². The predicted molar refractivity (Wildman–Crippen MR) is 79.2 cm³/mol. The van der Waals surface area contributed by atoms with Crippen LogP contribution in [0.15, 0.2) is 30.6 Å². The zero-order chi connectivity index (χ0) is 14.7. The van der Waals surface area contributed by atoms with Gasteiger partial charge in [0.15, 0.2) is 6.61 Å². The van der Waals surface area contributed by atoms with E-state index in [0.717, 1.165) is 42.3 Å². The molecule has 0 atom stereocenters. The topological polar surface area (TPSA) is 68.2 Å². The Labute approximate surface area is 123 Å². The van der Waals surface area contributed by atoms with Crippen molar-refractivity contribution in [1.29, 1.82) is 0 Å². The first-order valence-electron chi connectivity index (χ1n) is 6.95. The molecule has 110 valence electrons. The fraction of sp³-hybridized carbons (Fsp3) is 0.333. The Morgan fingerprint density at radius 3 is 3.19 bits per heavy atom. The standard InChI is InChI=1S/C15H18N4O2/c1-19-7-6-17-14(19)4-5-16-9-11-2-3-13-12(8-11)18-15(20)10-21-13/h2-3,6-8,16H,4-5,9-10H2,1H3,(H,18,20). The second-order valence-corrected chi connectivity index (χ2v) is 5.05. The molecule has 1 aliphatic rings. The molecular weight excluding hydrogens is 268 g/mol. The van der Waals surface area contributed by atoms with E-state index < -0.39 is 0 Å². The zero-order valence-corrected chi connectivity index (χ0v) is 11.9. The molecule has 0 aliphatic carbocycles. The molecule has 1 aliphatic heterocycles. The maximum Gasteiger partial charge on any atom is 0.262 e. The molecule has 0 unspecified atom stereocenters. The summed E-state index contributed by atoms with van der Waals surface area (Å²) in [6.45, 7) is 1.69. The van der Waals surface area contributed by atoms with Crippen LogP contribution in [0.3, 0.4) is 0 Å². The highest BCUT2D eigenvalue weighted by Crippen LogP contribution is 2.28. The van der Waals surface area contributed by atoms with Crippen LogP contribution in [-0.2, 0) is 24.8 Å². The van der Waals surface area contributed by atoms with Gasteiger partial charge < -0.3 is 19.9 Å². The number of aromatic nitrogens is 2. The van der Waals surface area contributed by atoms with Crippen molar-refractivity contribution in [3.05, 3.63) is 42.0 Å². The number of hydrogen-bond donors (Lipinski definition) is 2. The summed E-state index contributed by atoms with van der Waals surface area (Å²) < 4.78 is 7.36. The highest BCUT2D eigenvalue weighted by Gasteiger charge is 2.15. The number of amides is 1. The number of hydrogen-bond acceptors (Lipinski definition) is 4. The van der Waals surface area contributed by atoms with Gasteiger partial charge in [-0.3, -0.25) is 4.79 Å². The lowest BCUT2D eigenvalue weighted by Gasteiger charge is -2.18. The van der Waals surface area contributed by atoms with E-state index in [2.05, 4.69) is 15.6 Å². The minimum Gasteiger partial charge on any atom is -0.482 e. The quantitative estimate of drug-likeness (QED) is 0.807. The van der Waals surface area contributed by atoms with Crippen LogP contribution in [0.2, 0.25) is 0 Å². The van der Waals surface area contributed by atoms with Crippen LogP contribution in [0.4, 0.5) is 5.69 Å². The van der Waals surface area contributed by atoms with Crippen LogP contribution in [-0.4, -0.2) is 28.6 Å². The molecule has 0 saturated carbocycles. The summed E-state index contributed by atoms with van der Waals surface area (Å²) in [7, 11) is 1.99. The number of imidazole rings is 1. The van der Waals surface area contributed by atoms with Crippen LogP contribution in [0.1, 0.15) is 11.4 Å². The van der Waals surface area contributed by atoms with Gasteiger partial charge >= 0.3 is 0 Å². The normalized spacial score (nSPS) is 13.5. The molecule has 0 saturated heterocycles. The molecule has 1 aromatic carbocycles. The largest absolute Gasteiger partial charge is 0.482 e. The lowest BCUT2D eigenvalue weighted by molar-refractivity contribution is -0.118. The number of rotatable bonds is 5. The maximum absolute atomic E-state index is 11.3. The SMILES string of the molecule is Cn1ccnc1CCNCc1ccc2c(c1)NC(=O)CO2. The molecule has 0 radical (unpaired) electrons. The lowest BCUT2D eigenvalue weighted by atomic mass is 10.1. The second-order valence-electron chi connectivity index (χ2n) is 5.05. The van der Waals surface area contributed by atoms with Crippen LogP contribution in [0.25, 0.3) is 0 Å². The van der Waals surface area contributed by atoms with Gasteiger partial charge in [-0.2, -0.15) is 0 Å². The van der Waals surface area contributed by atoms with Gasteiger partial charge in [-0.05, 0) is 17.7 Å². The first kappa shape index (κ1) is 13.6. The molecule has 21 heavy (non-hydrogen) atoms. The van der Waals surface area contributed by atoms with E-state index in [9.17, 15) is 4.79 Å². The van der Waals surface area contributed by atoms with Gasteiger partial charge in [0.2, 0.25) is 0 Å². The smallest absolute Gasteiger partial charge is 0.262 e. The molecule has 1 amide bonds. The van der Waals surface area contributed by atoms with Crippen molar-refractivity contribution in [3.8, 4) is 5.75 Å². The number of benzene rings is 1. The van der Waals surface area contributed by atoms with Gasteiger partial charge in [0.1, 0.15) is 11.6 Å². The highest BCUT2D eigenvalue weighted by atomic mass is 16.5. The molecule has 0 fully saturated rings. The molecule has 1 aromatic heterocycles. The van der Waals surface area contributed by atoms with Gasteiger partial charge in [0.05, 0.1) is 5.69 Å². The Morgan fingerprint density at radius 2 is 2.38 bits per heavy atom. The zero-order valence-electron chi connectivity index (χ0n) is 11.9. The van der Waals surface area contributed by atoms with Crippen LogP contribution < -0.4 is 15.4 Å². The number of ether oxygens (including phenoxy) is 1. The van der Waals surface area contributed by atoms with Gasteiger partial charge in [-0.1, -0.05) is 6.07 Å². The maximum atomic E-state index is 11.3. The Hall–Kier alpha value is -2.34. The fourth-order valence-electron chi connectivity index (χ4n) is 2.31. The van der Waals surface area contributed by atoms with Crippen molar-refractivity contribution in [1.82, 2.24) is 14.9 Å². The Balaban J connectivity index is 1.53. The Kier molecular flexibility index (Phi) is 3.87. The molecule has 2 aromatic rings. The van der Waals surface area contributed by atoms with Gasteiger partial charge in [0, 0.05) is 39.0 Å². The molecule has 0 spiro atoms. The third-order valence-corrected chi connectivity index (χ3v) is 3.45. The minimum atomic E-state index is -0.109. The van der Waals surface area contributed by atoms with Gasteiger partial charge in [-0.15, -0.1) is 0 Å². The molecule has 2 N–H and O–H groups in total. The first-order valence-corrected chi connectivity index (χ1v) is 6.95. The highest BCUT2D eigenvalue weighted by molar-refractivity contribution is 5.95. The molecule has 0 bridgehead atoms. The number of fused-ring (bicyclic) bond motifs is 1. The monoisotopic (exact) mass is 286 g/mol. The average molecular weight is 286 g/mol. The van der Waals surface area contributed by atoms with Gasteiger partial charge in [0.25, 0.3) is 5.91 Å². The summed E-state index contributed by atoms with van der Waals surface area (Å²) in [6.07, 6.45) is 4.64. The Morgan fingerprint density at radius 1 is 1.48 bits per heavy atom. The van der Waals surface area contributed by atoms with Crippen LogP contribution >= 0.6 is 0 Å². The van der Waals surface area contributed by atoms with Crippen molar-refractivity contribution >= 4 is 11.6 Å². The van der Waals surface area contributed by atoms with E-state index in [0.29, 0.717) is 0 Å². The van der Waals surface area contributed by atoms with Crippen molar-refractivity contribution in [2.75, 3.05) is 18.5 Å². The van der Waals surface area contributed by atoms with Crippen molar-refractivity contribution in [2.24, 2.45) is 7.05 Å². The van der Waals surface area contributed by atoms with E-state index in [-0.39, 0.29) is 12.5 Å². The summed E-state index contributed by atoms with van der Waals surface area (Å²) in [5.74, 6) is 1.68. The van der Waals surface area contributed by atoms with E-state index in [4.69, 9.17) is 4.74 Å². The van der Waals surface area contributed by atoms with Crippen LogP contribution in [0, 0.1) is 0 Å². The summed E-state index contributed by atoms with van der Waals surface area (Å²) >= 11 is 0. The third-order valence-electron chi connectivity index (χ3n) is 3.45. The molecule has 2 heterocycles. The van der Waals surface area contributed by atoms with Crippen LogP contribution in [0.5, 0.6) is 5.75 Å². The summed E-state index contributed by atoms with van der Waals surface area (Å²) in [6, 6.07) is 5.84.